The highest BCUT2D eigenvalue weighted by atomic mass is 16.5. The summed E-state index contributed by atoms with van der Waals surface area (Å²) in [6, 6.07) is 3.19. The fraction of sp³-hybridized carbons (Fsp3) is 0.182. The molecular formula is C11H11NO3. The number of nitrogens with two attached hydrogens (primary N) is 1. The van der Waals surface area contributed by atoms with E-state index in [-0.39, 0.29) is 5.43 Å². The molecule has 0 aliphatic carbocycles. The number of fused-ring (bicyclic) bond motifs is 1. The van der Waals surface area contributed by atoms with E-state index >= 15 is 0 Å². The standard InChI is InChI=1S/C11H11NO3/c1-6-5-15-9-4-8(12)10(14-2)3-7(9)11(6)13/h3-5H,12H2,1-2H3. The lowest BCUT2D eigenvalue weighted by molar-refractivity contribution is 0.417. The van der Waals surface area contributed by atoms with Crippen molar-refractivity contribution >= 4 is 16.7 Å². The van der Waals surface area contributed by atoms with Crippen LogP contribution in [0.4, 0.5) is 5.69 Å². The van der Waals surface area contributed by atoms with Crippen molar-refractivity contribution < 1.29 is 9.15 Å². The van der Waals surface area contributed by atoms with Gasteiger partial charge in [-0.15, -0.1) is 0 Å². The Hall–Kier alpha value is -1.97. The number of methoxy groups -OCH3 is 1. The molecule has 0 aliphatic rings. The molecule has 0 fully saturated rings. The van der Waals surface area contributed by atoms with Crippen LogP contribution in [-0.2, 0) is 0 Å². The van der Waals surface area contributed by atoms with E-state index in [9.17, 15) is 4.79 Å². The topological polar surface area (TPSA) is 65.5 Å². The summed E-state index contributed by atoms with van der Waals surface area (Å²) >= 11 is 0. The predicted molar refractivity (Wildman–Crippen MR) is 58.2 cm³/mol. The fourth-order valence-electron chi connectivity index (χ4n) is 1.45. The lowest BCUT2D eigenvalue weighted by Crippen LogP contribution is -2.05. The molecular weight excluding hydrogens is 194 g/mol. The minimum Gasteiger partial charge on any atom is -0.495 e. The minimum absolute atomic E-state index is 0.0606. The highest BCUT2D eigenvalue weighted by molar-refractivity contribution is 5.83. The Bertz CT molecular complexity index is 572. The van der Waals surface area contributed by atoms with Gasteiger partial charge in [-0.3, -0.25) is 4.79 Å². The van der Waals surface area contributed by atoms with Gasteiger partial charge in [0.1, 0.15) is 11.3 Å². The predicted octanol–water partition coefficient (Wildman–Crippen LogP) is 1.69. The van der Waals surface area contributed by atoms with Gasteiger partial charge in [0.15, 0.2) is 5.43 Å². The van der Waals surface area contributed by atoms with Gasteiger partial charge in [0.25, 0.3) is 0 Å². The Morgan fingerprint density at radius 3 is 2.80 bits per heavy atom. The number of hydrogen-bond acceptors (Lipinski definition) is 4. The Balaban J connectivity index is 2.89. The van der Waals surface area contributed by atoms with Crippen molar-refractivity contribution in [3.05, 3.63) is 34.2 Å². The molecule has 0 aliphatic heterocycles. The zero-order valence-corrected chi connectivity index (χ0v) is 8.53. The lowest BCUT2D eigenvalue weighted by Gasteiger charge is -2.05. The van der Waals surface area contributed by atoms with E-state index < -0.39 is 0 Å². The second-order valence-corrected chi connectivity index (χ2v) is 3.34. The number of hydrogen-bond donors (Lipinski definition) is 1. The van der Waals surface area contributed by atoms with Crippen molar-refractivity contribution in [1.29, 1.82) is 0 Å². The molecule has 0 saturated carbocycles. The molecule has 78 valence electrons. The molecule has 0 spiro atoms. The summed E-state index contributed by atoms with van der Waals surface area (Å²) in [7, 11) is 1.51. The first-order valence-electron chi connectivity index (χ1n) is 4.49. The molecule has 4 nitrogen and oxygen atoms in total. The van der Waals surface area contributed by atoms with Crippen molar-refractivity contribution in [2.24, 2.45) is 0 Å². The maximum absolute atomic E-state index is 11.8. The highest BCUT2D eigenvalue weighted by Crippen LogP contribution is 2.26. The average Bonchev–Trinajstić information content (AvgIpc) is 2.23. The number of ether oxygens (including phenoxy) is 1. The molecule has 1 aromatic carbocycles. The van der Waals surface area contributed by atoms with Crippen LogP contribution < -0.4 is 15.9 Å². The Morgan fingerprint density at radius 2 is 2.13 bits per heavy atom. The summed E-state index contributed by atoms with van der Waals surface area (Å²) in [6.45, 7) is 1.70. The second-order valence-electron chi connectivity index (χ2n) is 3.34. The van der Waals surface area contributed by atoms with Crippen molar-refractivity contribution in [2.75, 3.05) is 12.8 Å². The molecule has 2 rings (SSSR count). The smallest absolute Gasteiger partial charge is 0.195 e. The normalized spacial score (nSPS) is 10.5. The SMILES string of the molecule is COc1cc2c(=O)c(C)coc2cc1N. The number of anilines is 1. The third-order valence-electron chi connectivity index (χ3n) is 2.30. The molecule has 2 aromatic rings. The van der Waals surface area contributed by atoms with Gasteiger partial charge in [-0.25, -0.2) is 0 Å². The van der Waals surface area contributed by atoms with Crippen LogP contribution in [0.5, 0.6) is 5.75 Å². The molecule has 0 atom stereocenters. The number of nitrogen functional groups attached to an aromatic ring is 1. The maximum atomic E-state index is 11.8. The first-order chi connectivity index (χ1) is 7.13. The molecule has 1 heterocycles. The molecule has 15 heavy (non-hydrogen) atoms. The van der Waals surface area contributed by atoms with E-state index in [0.717, 1.165) is 0 Å². The molecule has 0 saturated heterocycles. The van der Waals surface area contributed by atoms with Gasteiger partial charge in [0.05, 0.1) is 24.4 Å². The van der Waals surface area contributed by atoms with Crippen molar-refractivity contribution in [2.45, 2.75) is 6.92 Å². The minimum atomic E-state index is -0.0606. The average molecular weight is 205 g/mol. The van der Waals surface area contributed by atoms with Crippen LogP contribution in [0.25, 0.3) is 11.0 Å². The summed E-state index contributed by atoms with van der Waals surface area (Å²) < 4.78 is 10.3. The van der Waals surface area contributed by atoms with E-state index in [1.165, 1.54) is 13.4 Å². The highest BCUT2D eigenvalue weighted by Gasteiger charge is 2.08. The summed E-state index contributed by atoms with van der Waals surface area (Å²) in [6.07, 6.45) is 1.43. The maximum Gasteiger partial charge on any atom is 0.195 e. The first-order valence-corrected chi connectivity index (χ1v) is 4.49. The largest absolute Gasteiger partial charge is 0.495 e. The van der Waals surface area contributed by atoms with Crippen LogP contribution in [0.1, 0.15) is 5.56 Å². The van der Waals surface area contributed by atoms with Gasteiger partial charge in [0, 0.05) is 11.6 Å². The van der Waals surface area contributed by atoms with Crippen molar-refractivity contribution in [1.82, 2.24) is 0 Å². The third-order valence-corrected chi connectivity index (χ3v) is 2.30. The Labute approximate surface area is 86.3 Å². The zero-order valence-electron chi connectivity index (χ0n) is 8.53. The van der Waals surface area contributed by atoms with Gasteiger partial charge < -0.3 is 14.9 Å². The van der Waals surface area contributed by atoms with Gasteiger partial charge >= 0.3 is 0 Å². The van der Waals surface area contributed by atoms with Crippen LogP contribution in [0.2, 0.25) is 0 Å². The van der Waals surface area contributed by atoms with Crippen LogP contribution in [0.3, 0.4) is 0 Å². The van der Waals surface area contributed by atoms with Gasteiger partial charge in [-0.2, -0.15) is 0 Å². The molecule has 2 N–H and O–H groups in total. The van der Waals surface area contributed by atoms with Crippen molar-refractivity contribution in [3.63, 3.8) is 0 Å². The third kappa shape index (κ3) is 1.44. The fourth-order valence-corrected chi connectivity index (χ4v) is 1.45. The van der Waals surface area contributed by atoms with E-state index in [0.29, 0.717) is 28.0 Å². The van der Waals surface area contributed by atoms with E-state index in [1.807, 2.05) is 0 Å². The van der Waals surface area contributed by atoms with Crippen LogP contribution >= 0.6 is 0 Å². The number of benzene rings is 1. The molecule has 1 aromatic heterocycles. The van der Waals surface area contributed by atoms with Gasteiger partial charge in [-0.1, -0.05) is 0 Å². The molecule has 0 amide bonds. The summed E-state index contributed by atoms with van der Waals surface area (Å²) in [5, 5.41) is 0.487. The van der Waals surface area contributed by atoms with E-state index in [2.05, 4.69) is 0 Å². The van der Waals surface area contributed by atoms with Crippen LogP contribution in [0.15, 0.2) is 27.6 Å². The van der Waals surface area contributed by atoms with Gasteiger partial charge in [-0.05, 0) is 13.0 Å². The zero-order chi connectivity index (χ0) is 11.0. The van der Waals surface area contributed by atoms with E-state index in [4.69, 9.17) is 14.9 Å². The lowest BCUT2D eigenvalue weighted by atomic mass is 10.1. The quantitative estimate of drug-likeness (QED) is 0.719. The van der Waals surface area contributed by atoms with Crippen LogP contribution in [0, 0.1) is 6.92 Å². The Kier molecular flexibility index (Phi) is 2.11. The molecule has 0 radical (unpaired) electrons. The summed E-state index contributed by atoms with van der Waals surface area (Å²) in [5.74, 6) is 0.486. The van der Waals surface area contributed by atoms with Crippen LogP contribution in [-0.4, -0.2) is 7.11 Å². The first kappa shape index (κ1) is 9.58. The Morgan fingerprint density at radius 1 is 1.40 bits per heavy atom. The van der Waals surface area contributed by atoms with Gasteiger partial charge in [0.2, 0.25) is 0 Å². The number of aryl methyl sites for hydroxylation is 1. The van der Waals surface area contributed by atoms with E-state index in [1.54, 1.807) is 19.1 Å². The monoisotopic (exact) mass is 205 g/mol. The molecule has 4 heteroatoms. The number of rotatable bonds is 1. The molecule has 0 unspecified atom stereocenters. The van der Waals surface area contributed by atoms with Crippen molar-refractivity contribution in [3.8, 4) is 5.75 Å². The second kappa shape index (κ2) is 3.31. The molecule has 0 bridgehead atoms. The summed E-state index contributed by atoms with van der Waals surface area (Å²) in [4.78, 5) is 11.8. The summed E-state index contributed by atoms with van der Waals surface area (Å²) in [5.41, 5.74) is 7.13.